The van der Waals surface area contributed by atoms with E-state index in [1.54, 1.807) is 0 Å². The Kier molecular flexibility index (Phi) is 3.15. The summed E-state index contributed by atoms with van der Waals surface area (Å²) < 4.78 is 1.87. The summed E-state index contributed by atoms with van der Waals surface area (Å²) in [6.07, 6.45) is 6.35. The van der Waals surface area contributed by atoms with Crippen LogP contribution in [-0.2, 0) is 5.41 Å². The van der Waals surface area contributed by atoms with Gasteiger partial charge in [0.25, 0.3) is 5.56 Å². The minimum Gasteiger partial charge on any atom is -0.268 e. The molecule has 126 valence electrons. The molecule has 25 heavy (non-hydrogen) atoms. The van der Waals surface area contributed by atoms with Gasteiger partial charge in [-0.25, -0.2) is 4.98 Å². The molecule has 3 nitrogen and oxygen atoms in total. The summed E-state index contributed by atoms with van der Waals surface area (Å²) in [6.45, 7) is 2.28. The smallest absolute Gasteiger partial charge is 0.266 e. The van der Waals surface area contributed by atoms with Gasteiger partial charge in [-0.05, 0) is 43.0 Å². The van der Waals surface area contributed by atoms with Crippen molar-refractivity contribution in [3.63, 3.8) is 0 Å². The number of para-hydroxylation sites is 2. The van der Waals surface area contributed by atoms with Gasteiger partial charge in [0.1, 0.15) is 5.82 Å². The molecular weight excluding hydrogens is 308 g/mol. The zero-order valence-corrected chi connectivity index (χ0v) is 14.5. The van der Waals surface area contributed by atoms with Gasteiger partial charge in [0.15, 0.2) is 0 Å². The van der Waals surface area contributed by atoms with Gasteiger partial charge < -0.3 is 0 Å². The predicted octanol–water partition coefficient (Wildman–Crippen LogP) is 4.59. The highest BCUT2D eigenvalue weighted by Crippen LogP contribution is 2.47. The number of benzene rings is 2. The Labute approximate surface area is 147 Å². The molecule has 2 aromatic carbocycles. The van der Waals surface area contributed by atoms with E-state index >= 15 is 0 Å². The van der Waals surface area contributed by atoms with Crippen molar-refractivity contribution in [2.75, 3.05) is 0 Å². The first kappa shape index (κ1) is 14.9. The monoisotopic (exact) mass is 330 g/mol. The highest BCUT2D eigenvalue weighted by Gasteiger charge is 2.43. The highest BCUT2D eigenvalue weighted by atomic mass is 16.1. The second-order valence-electron chi connectivity index (χ2n) is 7.80. The molecule has 1 aliphatic carbocycles. The lowest BCUT2D eigenvalue weighted by Gasteiger charge is -2.28. The summed E-state index contributed by atoms with van der Waals surface area (Å²) in [5.74, 6) is 1.65. The van der Waals surface area contributed by atoms with Crippen molar-refractivity contribution in [3.05, 3.63) is 70.3 Å². The van der Waals surface area contributed by atoms with Crippen LogP contribution in [0.25, 0.3) is 16.6 Å². The Morgan fingerprint density at radius 1 is 1.08 bits per heavy atom. The van der Waals surface area contributed by atoms with Gasteiger partial charge in [0, 0.05) is 0 Å². The molecule has 1 saturated carbocycles. The van der Waals surface area contributed by atoms with Gasteiger partial charge in [-0.1, -0.05) is 56.0 Å². The van der Waals surface area contributed by atoms with E-state index in [0.717, 1.165) is 29.4 Å². The van der Waals surface area contributed by atoms with Crippen LogP contribution < -0.4 is 5.56 Å². The first-order chi connectivity index (χ1) is 12.2. The Hall–Kier alpha value is -2.42. The van der Waals surface area contributed by atoms with Gasteiger partial charge in [-0.15, -0.1) is 0 Å². The van der Waals surface area contributed by atoms with Gasteiger partial charge in [0.2, 0.25) is 0 Å². The third-order valence-electron chi connectivity index (χ3n) is 6.18. The molecule has 1 fully saturated rings. The molecule has 3 heteroatoms. The molecule has 0 radical (unpaired) electrons. The van der Waals surface area contributed by atoms with Gasteiger partial charge in [-0.3, -0.25) is 9.36 Å². The van der Waals surface area contributed by atoms with E-state index in [4.69, 9.17) is 4.98 Å². The lowest BCUT2D eigenvalue weighted by atomic mass is 9.75. The fraction of sp³-hybridized carbons (Fsp3) is 0.364. The Morgan fingerprint density at radius 2 is 1.80 bits per heavy atom. The number of rotatable bonds is 2. The molecule has 0 amide bonds. The van der Waals surface area contributed by atoms with Crippen molar-refractivity contribution in [2.24, 2.45) is 5.92 Å². The number of hydrogen-bond acceptors (Lipinski definition) is 2. The van der Waals surface area contributed by atoms with Crippen molar-refractivity contribution in [1.82, 2.24) is 9.55 Å². The van der Waals surface area contributed by atoms with Crippen molar-refractivity contribution >= 4 is 10.9 Å². The number of fused-ring (bicyclic) bond motifs is 4. The molecule has 0 saturated heterocycles. The topological polar surface area (TPSA) is 34.9 Å². The molecule has 0 spiro atoms. The molecule has 1 unspecified atom stereocenters. The summed E-state index contributed by atoms with van der Waals surface area (Å²) in [5, 5.41) is 0.700. The summed E-state index contributed by atoms with van der Waals surface area (Å²) in [5.41, 5.74) is 2.95. The quantitative estimate of drug-likeness (QED) is 0.689. The van der Waals surface area contributed by atoms with Crippen molar-refractivity contribution < 1.29 is 0 Å². The van der Waals surface area contributed by atoms with Crippen LogP contribution in [0, 0.1) is 5.92 Å². The first-order valence-electron chi connectivity index (χ1n) is 9.31. The number of aromatic nitrogens is 2. The van der Waals surface area contributed by atoms with E-state index in [-0.39, 0.29) is 11.0 Å². The molecule has 5 rings (SSSR count). The lowest BCUT2D eigenvalue weighted by Crippen LogP contribution is -2.29. The third-order valence-corrected chi connectivity index (χ3v) is 6.18. The maximum Gasteiger partial charge on any atom is 0.266 e. The lowest BCUT2D eigenvalue weighted by molar-refractivity contribution is 0.381. The maximum atomic E-state index is 13.2. The van der Waals surface area contributed by atoms with Crippen LogP contribution in [0.2, 0.25) is 0 Å². The molecule has 2 aliphatic rings. The molecule has 0 N–H and O–H groups in total. The molecule has 1 aromatic heterocycles. The average molecular weight is 330 g/mol. The molecule has 3 aromatic rings. The first-order valence-corrected chi connectivity index (χ1v) is 9.31. The van der Waals surface area contributed by atoms with E-state index in [0.29, 0.717) is 5.39 Å². The Balaban J connectivity index is 1.81. The van der Waals surface area contributed by atoms with Gasteiger partial charge in [-0.2, -0.15) is 0 Å². The van der Waals surface area contributed by atoms with E-state index < -0.39 is 0 Å². The van der Waals surface area contributed by atoms with Crippen molar-refractivity contribution in [2.45, 2.75) is 44.4 Å². The van der Waals surface area contributed by atoms with Crippen LogP contribution in [0.15, 0.2) is 53.3 Å². The zero-order valence-electron chi connectivity index (χ0n) is 14.5. The van der Waals surface area contributed by atoms with Crippen LogP contribution in [-0.4, -0.2) is 9.55 Å². The minimum atomic E-state index is -0.186. The van der Waals surface area contributed by atoms with E-state index in [2.05, 4.69) is 25.1 Å². The summed E-state index contributed by atoms with van der Waals surface area (Å²) in [7, 11) is 0. The fourth-order valence-electron chi connectivity index (χ4n) is 4.98. The average Bonchev–Trinajstić information content (AvgIpc) is 3.22. The summed E-state index contributed by atoms with van der Waals surface area (Å²) >= 11 is 0. The van der Waals surface area contributed by atoms with Gasteiger partial charge in [0.05, 0.1) is 22.0 Å². The molecule has 1 aliphatic heterocycles. The number of nitrogens with zero attached hydrogens (tertiary/aromatic N) is 2. The van der Waals surface area contributed by atoms with E-state index in [1.165, 1.54) is 31.2 Å². The summed E-state index contributed by atoms with van der Waals surface area (Å²) in [6, 6.07) is 16.1. The summed E-state index contributed by atoms with van der Waals surface area (Å²) in [4.78, 5) is 18.2. The van der Waals surface area contributed by atoms with E-state index in [9.17, 15) is 4.79 Å². The third kappa shape index (κ3) is 2.05. The standard InChI is InChI=1S/C22H22N2O/c1-22(14-15-8-2-3-9-15)17-11-5-7-13-19(17)24-20(25)16-10-4-6-12-18(16)23-21(22)24/h4-7,10-13,15H,2-3,8-9,14H2,1H3. The molecule has 2 heterocycles. The van der Waals surface area contributed by atoms with Crippen LogP contribution in [0.4, 0.5) is 0 Å². The Morgan fingerprint density at radius 3 is 2.64 bits per heavy atom. The minimum absolute atomic E-state index is 0.0585. The van der Waals surface area contributed by atoms with Gasteiger partial charge >= 0.3 is 0 Å². The number of hydrogen-bond donors (Lipinski definition) is 0. The van der Waals surface area contributed by atoms with Crippen LogP contribution >= 0.6 is 0 Å². The normalized spacial score (nSPS) is 22.3. The molecular formula is C22H22N2O. The van der Waals surface area contributed by atoms with Crippen LogP contribution in [0.5, 0.6) is 0 Å². The van der Waals surface area contributed by atoms with Crippen LogP contribution in [0.1, 0.15) is 50.4 Å². The largest absolute Gasteiger partial charge is 0.268 e. The van der Waals surface area contributed by atoms with Crippen molar-refractivity contribution in [3.8, 4) is 5.69 Å². The van der Waals surface area contributed by atoms with E-state index in [1.807, 2.05) is 34.9 Å². The second-order valence-corrected chi connectivity index (χ2v) is 7.80. The molecule has 0 bridgehead atoms. The second kappa shape index (κ2) is 5.29. The SMILES string of the molecule is CC1(CC2CCCC2)c2ccccc2-n2c1nc1ccccc1c2=O. The van der Waals surface area contributed by atoms with Crippen LogP contribution in [0.3, 0.4) is 0 Å². The fourth-order valence-corrected chi connectivity index (χ4v) is 4.98. The zero-order chi connectivity index (χ0) is 17.0. The molecule has 1 atom stereocenters. The maximum absolute atomic E-state index is 13.2. The van der Waals surface area contributed by atoms with Crippen molar-refractivity contribution in [1.29, 1.82) is 0 Å². The predicted molar refractivity (Wildman–Crippen MR) is 100 cm³/mol. The highest BCUT2D eigenvalue weighted by molar-refractivity contribution is 5.79. The Bertz CT molecular complexity index is 1030.